The molecule has 0 amide bonds. The second-order valence-corrected chi connectivity index (χ2v) is 5.57. The van der Waals surface area contributed by atoms with Gasteiger partial charge in [0.1, 0.15) is 0 Å². The zero-order valence-electron chi connectivity index (χ0n) is 13.8. The largest absolute Gasteiger partial charge is 0.271 e. The molecule has 1 aromatic carbocycles. The van der Waals surface area contributed by atoms with E-state index in [9.17, 15) is 0 Å². The number of nitrogens with two attached hydrogens (primary N) is 1. The molecular weight excluding hydrogens is 258 g/mol. The number of nitrogens with one attached hydrogen (secondary N) is 1. The standard InChI is InChI=1S/C18H29N3/c1-5-20-16(4)15(3)18-11-9-17(10-12-18)14(2)8-6-7-13-21-19/h5,9-12,14,21H,6-8,13,19H2,1-4H3/b16-15+,20-5?. The molecule has 0 radical (unpaired) electrons. The van der Waals surface area contributed by atoms with E-state index in [-0.39, 0.29) is 0 Å². The molecule has 1 atom stereocenters. The molecule has 0 heterocycles. The summed E-state index contributed by atoms with van der Waals surface area (Å²) in [5.41, 5.74) is 7.68. The molecule has 0 aliphatic rings. The maximum Gasteiger partial charge on any atom is 0.0403 e. The molecule has 0 saturated heterocycles. The first kappa shape index (κ1) is 17.6. The molecular formula is C18H29N3. The Labute approximate surface area is 129 Å². The Morgan fingerprint density at radius 1 is 1.24 bits per heavy atom. The molecule has 1 aromatic rings. The third kappa shape index (κ3) is 5.82. The highest BCUT2D eigenvalue weighted by Gasteiger charge is 2.06. The van der Waals surface area contributed by atoms with Gasteiger partial charge in [-0.3, -0.25) is 16.3 Å². The monoisotopic (exact) mass is 287 g/mol. The van der Waals surface area contributed by atoms with Gasteiger partial charge in [0, 0.05) is 18.5 Å². The van der Waals surface area contributed by atoms with E-state index in [0.29, 0.717) is 5.92 Å². The maximum absolute atomic E-state index is 5.28. The summed E-state index contributed by atoms with van der Waals surface area (Å²) in [6, 6.07) is 8.90. The number of unbranched alkanes of at least 4 members (excludes halogenated alkanes) is 1. The molecule has 3 nitrogen and oxygen atoms in total. The molecule has 1 rings (SSSR count). The van der Waals surface area contributed by atoms with Crippen LogP contribution in [-0.4, -0.2) is 12.8 Å². The number of allylic oxidation sites excluding steroid dienone is 2. The smallest absolute Gasteiger partial charge is 0.0403 e. The van der Waals surface area contributed by atoms with Crippen molar-refractivity contribution in [3.05, 3.63) is 41.1 Å². The minimum absolute atomic E-state index is 0.593. The molecule has 0 saturated carbocycles. The summed E-state index contributed by atoms with van der Waals surface area (Å²) in [7, 11) is 0. The van der Waals surface area contributed by atoms with Crippen molar-refractivity contribution in [1.82, 2.24) is 5.43 Å². The SMILES string of the molecule is CC=N/C(C)=C(\C)c1ccc(C(C)CCCCNN)cc1. The van der Waals surface area contributed by atoms with Gasteiger partial charge in [-0.1, -0.05) is 37.6 Å². The third-order valence-electron chi connectivity index (χ3n) is 3.99. The van der Waals surface area contributed by atoms with Crippen molar-refractivity contribution in [1.29, 1.82) is 0 Å². The molecule has 0 aromatic heterocycles. The van der Waals surface area contributed by atoms with Gasteiger partial charge in [-0.25, -0.2) is 0 Å². The van der Waals surface area contributed by atoms with Crippen molar-refractivity contribution in [3.63, 3.8) is 0 Å². The van der Waals surface area contributed by atoms with Gasteiger partial charge in [0.15, 0.2) is 0 Å². The number of benzene rings is 1. The summed E-state index contributed by atoms with van der Waals surface area (Å²) < 4.78 is 0. The van der Waals surface area contributed by atoms with Crippen molar-refractivity contribution in [2.24, 2.45) is 10.8 Å². The van der Waals surface area contributed by atoms with E-state index in [1.165, 1.54) is 29.5 Å². The highest BCUT2D eigenvalue weighted by atomic mass is 15.2. The highest BCUT2D eigenvalue weighted by Crippen LogP contribution is 2.25. The highest BCUT2D eigenvalue weighted by molar-refractivity contribution is 5.69. The quantitative estimate of drug-likeness (QED) is 0.325. The number of hydrazine groups is 1. The van der Waals surface area contributed by atoms with Crippen molar-refractivity contribution in [3.8, 4) is 0 Å². The fourth-order valence-corrected chi connectivity index (χ4v) is 2.41. The predicted octanol–water partition coefficient (Wildman–Crippen LogP) is 4.27. The second kappa shape index (κ2) is 9.48. The van der Waals surface area contributed by atoms with Crippen LogP contribution in [0.2, 0.25) is 0 Å². The van der Waals surface area contributed by atoms with Crippen LogP contribution < -0.4 is 11.3 Å². The molecule has 1 unspecified atom stereocenters. The van der Waals surface area contributed by atoms with Gasteiger partial charge in [-0.05, 0) is 56.2 Å². The van der Waals surface area contributed by atoms with Crippen LogP contribution in [0.25, 0.3) is 5.57 Å². The fraction of sp³-hybridized carbons (Fsp3) is 0.500. The van der Waals surface area contributed by atoms with E-state index in [2.05, 4.69) is 55.5 Å². The third-order valence-corrected chi connectivity index (χ3v) is 3.99. The summed E-state index contributed by atoms with van der Waals surface area (Å²) in [4.78, 5) is 4.35. The van der Waals surface area contributed by atoms with Crippen LogP contribution in [0.1, 0.15) is 64.0 Å². The van der Waals surface area contributed by atoms with Crippen molar-refractivity contribution < 1.29 is 0 Å². The molecule has 116 valence electrons. The molecule has 3 heteroatoms. The minimum atomic E-state index is 0.593. The number of rotatable bonds is 8. The first-order valence-electron chi connectivity index (χ1n) is 7.80. The number of hydrogen-bond acceptors (Lipinski definition) is 3. The Balaban J connectivity index is 2.67. The summed E-state index contributed by atoms with van der Waals surface area (Å²) in [6.07, 6.45) is 5.38. The van der Waals surface area contributed by atoms with Crippen molar-refractivity contribution >= 4 is 11.8 Å². The molecule has 21 heavy (non-hydrogen) atoms. The zero-order valence-corrected chi connectivity index (χ0v) is 13.8. The maximum atomic E-state index is 5.28. The Kier molecular flexibility index (Phi) is 7.95. The van der Waals surface area contributed by atoms with E-state index in [1.807, 2.05) is 13.1 Å². The first-order chi connectivity index (χ1) is 10.1. The van der Waals surface area contributed by atoms with Gasteiger partial charge in [-0.2, -0.15) is 0 Å². The van der Waals surface area contributed by atoms with E-state index in [0.717, 1.165) is 18.7 Å². The molecule has 0 aliphatic carbocycles. The van der Waals surface area contributed by atoms with Gasteiger partial charge >= 0.3 is 0 Å². The van der Waals surface area contributed by atoms with Crippen LogP contribution >= 0.6 is 0 Å². The lowest BCUT2D eigenvalue weighted by Gasteiger charge is -2.13. The lowest BCUT2D eigenvalue weighted by atomic mass is 9.93. The molecule has 0 bridgehead atoms. The molecule has 3 N–H and O–H groups in total. The Hall–Kier alpha value is -1.45. The summed E-state index contributed by atoms with van der Waals surface area (Å²) in [5, 5.41) is 0. The van der Waals surface area contributed by atoms with Crippen molar-refractivity contribution in [2.75, 3.05) is 6.54 Å². The van der Waals surface area contributed by atoms with Gasteiger partial charge < -0.3 is 0 Å². The molecule has 0 aliphatic heterocycles. The normalized spacial score (nSPS) is 14.3. The summed E-state index contributed by atoms with van der Waals surface area (Å²) >= 11 is 0. The van der Waals surface area contributed by atoms with E-state index >= 15 is 0 Å². The topological polar surface area (TPSA) is 50.4 Å². The second-order valence-electron chi connectivity index (χ2n) is 5.57. The fourth-order valence-electron chi connectivity index (χ4n) is 2.41. The average molecular weight is 287 g/mol. The van der Waals surface area contributed by atoms with Gasteiger partial charge in [0.05, 0.1) is 0 Å². The van der Waals surface area contributed by atoms with E-state index < -0.39 is 0 Å². The van der Waals surface area contributed by atoms with Crippen LogP contribution in [0.4, 0.5) is 0 Å². The van der Waals surface area contributed by atoms with E-state index in [1.54, 1.807) is 0 Å². The first-order valence-corrected chi connectivity index (χ1v) is 7.80. The zero-order chi connectivity index (χ0) is 15.7. The minimum Gasteiger partial charge on any atom is -0.271 e. The lowest BCUT2D eigenvalue weighted by molar-refractivity contribution is 0.576. The van der Waals surface area contributed by atoms with Crippen LogP contribution in [0.5, 0.6) is 0 Å². The predicted molar refractivity (Wildman–Crippen MR) is 93.3 cm³/mol. The summed E-state index contributed by atoms with van der Waals surface area (Å²) in [5.74, 6) is 5.88. The Bertz CT molecular complexity index is 472. The van der Waals surface area contributed by atoms with Gasteiger partial charge in [0.25, 0.3) is 0 Å². The van der Waals surface area contributed by atoms with Crippen molar-refractivity contribution in [2.45, 2.75) is 52.9 Å². The number of hydrogen-bond donors (Lipinski definition) is 2. The summed E-state index contributed by atoms with van der Waals surface area (Å²) in [6.45, 7) is 9.31. The van der Waals surface area contributed by atoms with E-state index in [4.69, 9.17) is 5.84 Å². The molecule has 0 fully saturated rings. The van der Waals surface area contributed by atoms with Crippen LogP contribution in [0, 0.1) is 0 Å². The van der Waals surface area contributed by atoms with Crippen LogP contribution in [0.3, 0.4) is 0 Å². The van der Waals surface area contributed by atoms with Gasteiger partial charge in [-0.15, -0.1) is 0 Å². The molecule has 0 spiro atoms. The number of nitrogens with zero attached hydrogens (tertiary/aromatic N) is 1. The number of aliphatic imine (C=N–C) groups is 1. The average Bonchev–Trinajstić information content (AvgIpc) is 2.51. The van der Waals surface area contributed by atoms with Crippen LogP contribution in [0.15, 0.2) is 35.0 Å². The van der Waals surface area contributed by atoms with Gasteiger partial charge in [0.2, 0.25) is 0 Å². The lowest BCUT2D eigenvalue weighted by Crippen LogP contribution is -2.22. The van der Waals surface area contributed by atoms with Crippen LogP contribution in [-0.2, 0) is 0 Å². The Morgan fingerprint density at radius 3 is 2.48 bits per heavy atom. The Morgan fingerprint density at radius 2 is 1.90 bits per heavy atom.